The Hall–Kier alpha value is -3.13. The van der Waals surface area contributed by atoms with E-state index in [1.807, 2.05) is 18.6 Å². The largest absolute Gasteiger partial charge is 0.344 e. The monoisotopic (exact) mass is 315 g/mol. The summed E-state index contributed by atoms with van der Waals surface area (Å²) in [4.78, 5) is 16.5. The summed E-state index contributed by atoms with van der Waals surface area (Å²) in [6.07, 6.45) is 10.9. The van der Waals surface area contributed by atoms with Crippen molar-refractivity contribution in [1.29, 1.82) is 0 Å². The van der Waals surface area contributed by atoms with E-state index in [9.17, 15) is 0 Å². The van der Waals surface area contributed by atoms with Gasteiger partial charge in [0.2, 0.25) is 0 Å². The molecule has 0 saturated heterocycles. The maximum atomic E-state index is 5.45. The van der Waals surface area contributed by atoms with E-state index < -0.39 is 0 Å². The quantitative estimate of drug-likeness (QED) is 0.545. The lowest BCUT2D eigenvalue weighted by Gasteiger charge is -2.21. The third-order valence-electron chi connectivity index (χ3n) is 4.11. The van der Waals surface area contributed by atoms with Crippen molar-refractivity contribution >= 4 is 22.2 Å². The van der Waals surface area contributed by atoms with Crippen LogP contribution in [0.15, 0.2) is 36.9 Å². The van der Waals surface area contributed by atoms with Crippen LogP contribution in [-0.4, -0.2) is 24.5 Å². The molecular weight excluding hydrogens is 298 g/mol. The first kappa shape index (κ1) is 14.5. The molecule has 0 aliphatic carbocycles. The fourth-order valence-electron chi connectivity index (χ4n) is 2.89. The zero-order valence-electron chi connectivity index (χ0n) is 13.8. The van der Waals surface area contributed by atoms with E-state index in [1.54, 1.807) is 6.20 Å². The summed E-state index contributed by atoms with van der Waals surface area (Å²) in [7, 11) is 0. The second-order valence-corrected chi connectivity index (χ2v) is 6.79. The van der Waals surface area contributed by atoms with Gasteiger partial charge < -0.3 is 9.55 Å². The van der Waals surface area contributed by atoms with Crippen molar-refractivity contribution in [3.8, 4) is 23.5 Å². The van der Waals surface area contributed by atoms with Crippen LogP contribution in [0.4, 0.5) is 0 Å². The molecule has 1 N–H and O–H groups in total. The van der Waals surface area contributed by atoms with Crippen LogP contribution in [0.5, 0.6) is 0 Å². The predicted molar refractivity (Wildman–Crippen MR) is 95.5 cm³/mol. The molecule has 0 spiro atoms. The zero-order valence-corrected chi connectivity index (χ0v) is 13.8. The number of fused-ring (bicyclic) bond motifs is 2. The van der Waals surface area contributed by atoms with Crippen molar-refractivity contribution in [3.63, 3.8) is 0 Å². The lowest BCUT2D eigenvalue weighted by molar-refractivity contribution is 0.408. The molecule has 3 aromatic heterocycles. The number of imidazole rings is 1. The van der Waals surface area contributed by atoms with E-state index >= 15 is 0 Å². The zero-order chi connectivity index (χ0) is 16.9. The first-order chi connectivity index (χ1) is 11.5. The van der Waals surface area contributed by atoms with Gasteiger partial charge in [0, 0.05) is 17.3 Å². The molecule has 118 valence electrons. The fourth-order valence-corrected chi connectivity index (χ4v) is 2.89. The van der Waals surface area contributed by atoms with Crippen molar-refractivity contribution < 1.29 is 0 Å². The van der Waals surface area contributed by atoms with Crippen LogP contribution in [0.3, 0.4) is 0 Å². The van der Waals surface area contributed by atoms with Gasteiger partial charge >= 0.3 is 0 Å². The molecule has 0 unspecified atom stereocenters. The molecule has 1 aromatic carbocycles. The Bertz CT molecular complexity index is 1100. The van der Waals surface area contributed by atoms with E-state index in [1.165, 1.54) is 0 Å². The average molecular weight is 315 g/mol. The summed E-state index contributed by atoms with van der Waals surface area (Å²) in [5.74, 6) is 2.54. The van der Waals surface area contributed by atoms with E-state index in [4.69, 9.17) is 6.42 Å². The first-order valence-corrected chi connectivity index (χ1v) is 7.76. The maximum absolute atomic E-state index is 5.45. The van der Waals surface area contributed by atoms with Gasteiger partial charge in [-0.15, -0.1) is 6.42 Å². The minimum absolute atomic E-state index is 0.0377. The molecule has 4 aromatic rings. The smallest absolute Gasteiger partial charge is 0.156 e. The van der Waals surface area contributed by atoms with Crippen molar-refractivity contribution in [2.45, 2.75) is 26.3 Å². The third-order valence-corrected chi connectivity index (χ3v) is 4.11. The summed E-state index contributed by atoms with van der Waals surface area (Å²) in [6, 6.07) is 6.22. The minimum atomic E-state index is -0.0377. The van der Waals surface area contributed by atoms with Gasteiger partial charge in [0.25, 0.3) is 0 Å². The van der Waals surface area contributed by atoms with Gasteiger partial charge in [0.1, 0.15) is 11.2 Å². The number of hydrogen-bond acceptors (Lipinski definition) is 3. The first-order valence-electron chi connectivity index (χ1n) is 7.76. The number of hydrogen-bond donors (Lipinski definition) is 1. The summed E-state index contributed by atoms with van der Waals surface area (Å²) in [5.41, 5.74) is 6.12. The Morgan fingerprint density at radius 2 is 2.04 bits per heavy atom. The summed E-state index contributed by atoms with van der Waals surface area (Å²) in [5, 5.41) is 0. The van der Waals surface area contributed by atoms with Gasteiger partial charge in [0.05, 0.1) is 23.6 Å². The van der Waals surface area contributed by atoms with Gasteiger partial charge in [-0.05, 0) is 44.4 Å². The number of nitrogens with zero attached hydrogens (tertiary/aromatic N) is 4. The lowest BCUT2D eigenvalue weighted by Crippen LogP contribution is -2.20. The number of terminal acetylenes is 1. The molecule has 4 rings (SSSR count). The van der Waals surface area contributed by atoms with Crippen molar-refractivity contribution in [2.24, 2.45) is 0 Å². The Kier molecular flexibility index (Phi) is 2.97. The van der Waals surface area contributed by atoms with Crippen LogP contribution in [0.1, 0.15) is 26.5 Å². The van der Waals surface area contributed by atoms with Crippen LogP contribution < -0.4 is 0 Å². The lowest BCUT2D eigenvalue weighted by atomic mass is 10.1. The highest BCUT2D eigenvalue weighted by molar-refractivity contribution is 5.93. The molecule has 0 bridgehead atoms. The molecule has 24 heavy (non-hydrogen) atoms. The highest BCUT2D eigenvalue weighted by atomic mass is 15.1. The van der Waals surface area contributed by atoms with E-state index in [0.29, 0.717) is 5.69 Å². The normalized spacial score (nSPS) is 11.9. The highest BCUT2D eigenvalue weighted by Crippen LogP contribution is 2.30. The topological polar surface area (TPSA) is 59.4 Å². The third kappa shape index (κ3) is 2.16. The number of H-pyrrole nitrogens is 1. The number of rotatable bonds is 1. The van der Waals surface area contributed by atoms with E-state index in [2.05, 4.69) is 63.3 Å². The molecule has 0 fully saturated rings. The molecule has 0 aliphatic heterocycles. The van der Waals surface area contributed by atoms with Crippen LogP contribution in [-0.2, 0) is 5.54 Å². The van der Waals surface area contributed by atoms with Crippen molar-refractivity contribution in [2.75, 3.05) is 0 Å². The Balaban J connectivity index is 1.95. The second kappa shape index (κ2) is 4.93. The summed E-state index contributed by atoms with van der Waals surface area (Å²) < 4.78 is 2.18. The van der Waals surface area contributed by atoms with E-state index in [-0.39, 0.29) is 5.54 Å². The number of aromatic nitrogens is 5. The average Bonchev–Trinajstić information content (AvgIpc) is 3.16. The van der Waals surface area contributed by atoms with Gasteiger partial charge in [-0.25, -0.2) is 15.0 Å². The number of aromatic amines is 1. The highest BCUT2D eigenvalue weighted by Gasteiger charge is 2.17. The molecule has 0 aliphatic rings. The second-order valence-electron chi connectivity index (χ2n) is 6.79. The van der Waals surface area contributed by atoms with Gasteiger partial charge in [-0.3, -0.25) is 0 Å². The molecule has 5 heteroatoms. The summed E-state index contributed by atoms with van der Waals surface area (Å²) >= 11 is 0. The van der Waals surface area contributed by atoms with Gasteiger partial charge in [-0.1, -0.05) is 6.07 Å². The molecule has 0 saturated carbocycles. The molecule has 3 heterocycles. The number of benzene rings is 1. The molecular formula is C19H17N5. The number of nitrogens with one attached hydrogen (secondary N) is 1. The molecule has 0 atom stereocenters. The van der Waals surface area contributed by atoms with Gasteiger partial charge in [-0.2, -0.15) is 0 Å². The molecule has 5 nitrogen and oxygen atoms in total. The Morgan fingerprint density at radius 1 is 1.21 bits per heavy atom. The SMILES string of the molecule is C#Cc1cnc2[nH]cc(-c3ccc4ncn(C(C)(C)C)c4c3)c2n1. The minimum Gasteiger partial charge on any atom is -0.344 e. The standard InChI is InChI=1S/C19H17N5/c1-5-13-9-20-18-17(23-13)14(10-21-18)12-6-7-15-16(8-12)24(11-22-15)19(2,3)4/h1,6-11H,2-4H3,(H,20,21). The fraction of sp³-hybridized carbons (Fsp3) is 0.211. The maximum Gasteiger partial charge on any atom is 0.156 e. The predicted octanol–water partition coefficient (Wildman–Crippen LogP) is 3.71. The van der Waals surface area contributed by atoms with E-state index in [0.717, 1.165) is 33.3 Å². The Labute approximate surface area is 139 Å². The van der Waals surface area contributed by atoms with Crippen LogP contribution in [0, 0.1) is 12.3 Å². The molecule has 0 radical (unpaired) electrons. The van der Waals surface area contributed by atoms with Crippen molar-refractivity contribution in [3.05, 3.63) is 42.6 Å². The van der Waals surface area contributed by atoms with Crippen LogP contribution >= 0.6 is 0 Å². The van der Waals surface area contributed by atoms with Gasteiger partial charge in [0.15, 0.2) is 5.65 Å². The molecule has 0 amide bonds. The van der Waals surface area contributed by atoms with Crippen molar-refractivity contribution in [1.82, 2.24) is 24.5 Å². The Morgan fingerprint density at radius 3 is 2.79 bits per heavy atom. The van der Waals surface area contributed by atoms with Crippen LogP contribution in [0.25, 0.3) is 33.3 Å². The van der Waals surface area contributed by atoms with Crippen LogP contribution in [0.2, 0.25) is 0 Å². The summed E-state index contributed by atoms with van der Waals surface area (Å²) in [6.45, 7) is 6.49.